The van der Waals surface area contributed by atoms with E-state index in [0.29, 0.717) is 6.42 Å². The van der Waals surface area contributed by atoms with Crippen LogP contribution >= 0.6 is 0 Å². The van der Waals surface area contributed by atoms with E-state index in [1.54, 1.807) is 18.7 Å². The van der Waals surface area contributed by atoms with Gasteiger partial charge in [0.2, 0.25) is 5.91 Å². The highest BCUT2D eigenvalue weighted by molar-refractivity contribution is 6.10. The van der Waals surface area contributed by atoms with Crippen molar-refractivity contribution >= 4 is 17.5 Å². The molecule has 0 aliphatic carbocycles. The van der Waals surface area contributed by atoms with Gasteiger partial charge in [0.1, 0.15) is 11.6 Å². The van der Waals surface area contributed by atoms with Crippen molar-refractivity contribution < 1.29 is 9.59 Å². The van der Waals surface area contributed by atoms with Crippen LogP contribution in [0.2, 0.25) is 0 Å². The number of hydrogen-bond acceptors (Lipinski definition) is 2. The molecule has 4 heteroatoms. The SMILES string of the molecule is CCC1C(=O)NC(C)(C)C(=O)N1c1ccc(C)cc1. The molecule has 1 aromatic carbocycles. The minimum Gasteiger partial charge on any atom is -0.340 e. The van der Waals surface area contributed by atoms with Crippen LogP contribution in [-0.4, -0.2) is 23.4 Å². The van der Waals surface area contributed by atoms with Crippen molar-refractivity contribution in [2.45, 2.75) is 45.7 Å². The Morgan fingerprint density at radius 3 is 2.32 bits per heavy atom. The molecule has 1 N–H and O–H groups in total. The van der Waals surface area contributed by atoms with Crippen LogP contribution in [0, 0.1) is 6.92 Å². The Morgan fingerprint density at radius 2 is 1.79 bits per heavy atom. The predicted molar refractivity (Wildman–Crippen MR) is 75.0 cm³/mol. The summed E-state index contributed by atoms with van der Waals surface area (Å²) in [6.07, 6.45) is 0.599. The Kier molecular flexibility index (Phi) is 3.35. The minimum atomic E-state index is -0.854. The van der Waals surface area contributed by atoms with E-state index in [2.05, 4.69) is 5.32 Å². The second-order valence-electron chi connectivity index (χ2n) is 5.55. The van der Waals surface area contributed by atoms with Gasteiger partial charge in [0.05, 0.1) is 0 Å². The van der Waals surface area contributed by atoms with E-state index in [1.165, 1.54) is 0 Å². The average Bonchev–Trinajstić information content (AvgIpc) is 2.34. The summed E-state index contributed by atoms with van der Waals surface area (Å²) in [5.74, 6) is -0.157. The largest absolute Gasteiger partial charge is 0.340 e. The Bertz CT molecular complexity index is 505. The first-order chi connectivity index (χ1) is 8.86. The zero-order valence-electron chi connectivity index (χ0n) is 11.9. The van der Waals surface area contributed by atoms with Gasteiger partial charge in [0.15, 0.2) is 0 Å². The van der Waals surface area contributed by atoms with Crippen LogP contribution in [0.25, 0.3) is 0 Å². The number of aryl methyl sites for hydroxylation is 1. The number of benzene rings is 1. The molecule has 1 aromatic rings. The molecule has 2 rings (SSSR count). The van der Waals surface area contributed by atoms with Crippen molar-refractivity contribution in [3.63, 3.8) is 0 Å². The van der Waals surface area contributed by atoms with E-state index < -0.39 is 11.6 Å². The second kappa shape index (κ2) is 4.68. The average molecular weight is 260 g/mol. The number of carbonyl (C=O) groups excluding carboxylic acids is 2. The third-order valence-electron chi connectivity index (χ3n) is 3.50. The summed E-state index contributed by atoms with van der Waals surface area (Å²) in [7, 11) is 0. The Balaban J connectivity index is 2.45. The highest BCUT2D eigenvalue weighted by Gasteiger charge is 2.45. The first-order valence-corrected chi connectivity index (χ1v) is 6.59. The predicted octanol–water partition coefficient (Wildman–Crippen LogP) is 2.02. The molecule has 1 atom stereocenters. The molecule has 2 amide bonds. The van der Waals surface area contributed by atoms with E-state index in [-0.39, 0.29) is 11.8 Å². The van der Waals surface area contributed by atoms with Crippen LogP contribution in [0.3, 0.4) is 0 Å². The standard InChI is InChI=1S/C15H20N2O2/c1-5-12-13(18)16-15(3,4)14(19)17(12)11-8-6-10(2)7-9-11/h6-9,12H,5H2,1-4H3,(H,16,18). The van der Waals surface area contributed by atoms with E-state index in [1.807, 2.05) is 38.1 Å². The van der Waals surface area contributed by atoms with E-state index in [4.69, 9.17) is 0 Å². The number of anilines is 1. The fraction of sp³-hybridized carbons (Fsp3) is 0.467. The van der Waals surface area contributed by atoms with Crippen LogP contribution in [0.4, 0.5) is 5.69 Å². The number of carbonyl (C=O) groups is 2. The van der Waals surface area contributed by atoms with Crippen molar-refractivity contribution in [3.8, 4) is 0 Å². The number of nitrogens with zero attached hydrogens (tertiary/aromatic N) is 1. The van der Waals surface area contributed by atoms with Crippen molar-refractivity contribution in [1.29, 1.82) is 0 Å². The van der Waals surface area contributed by atoms with E-state index in [0.717, 1.165) is 11.3 Å². The van der Waals surface area contributed by atoms with Gasteiger partial charge in [0.25, 0.3) is 5.91 Å². The van der Waals surface area contributed by atoms with Gasteiger partial charge in [-0.2, -0.15) is 0 Å². The third-order valence-corrected chi connectivity index (χ3v) is 3.50. The number of hydrogen-bond donors (Lipinski definition) is 1. The zero-order valence-corrected chi connectivity index (χ0v) is 11.9. The maximum Gasteiger partial charge on any atom is 0.252 e. The quantitative estimate of drug-likeness (QED) is 0.884. The Labute approximate surface area is 113 Å². The summed E-state index contributed by atoms with van der Waals surface area (Å²) in [5.41, 5.74) is 1.06. The molecule has 4 nitrogen and oxygen atoms in total. The van der Waals surface area contributed by atoms with Crippen molar-refractivity contribution in [3.05, 3.63) is 29.8 Å². The van der Waals surface area contributed by atoms with E-state index >= 15 is 0 Å². The van der Waals surface area contributed by atoms with Gasteiger partial charge in [0, 0.05) is 5.69 Å². The molecule has 1 unspecified atom stereocenters. The molecule has 1 fully saturated rings. The van der Waals surface area contributed by atoms with Crippen molar-refractivity contribution in [1.82, 2.24) is 5.32 Å². The molecule has 0 bridgehead atoms. The van der Waals surface area contributed by atoms with Crippen molar-refractivity contribution in [2.75, 3.05) is 4.90 Å². The normalized spacial score (nSPS) is 22.3. The topological polar surface area (TPSA) is 49.4 Å². The van der Waals surface area contributed by atoms with Gasteiger partial charge in [-0.3, -0.25) is 14.5 Å². The fourth-order valence-electron chi connectivity index (χ4n) is 2.38. The highest BCUT2D eigenvalue weighted by Crippen LogP contribution is 2.26. The van der Waals surface area contributed by atoms with Gasteiger partial charge in [-0.25, -0.2) is 0 Å². The molecule has 1 aliphatic heterocycles. The van der Waals surface area contributed by atoms with Gasteiger partial charge < -0.3 is 5.32 Å². The third kappa shape index (κ3) is 2.35. The number of amides is 2. The lowest BCUT2D eigenvalue weighted by atomic mass is 9.95. The molecular weight excluding hydrogens is 240 g/mol. The molecule has 1 saturated heterocycles. The number of nitrogens with one attached hydrogen (secondary N) is 1. The molecule has 0 saturated carbocycles. The van der Waals surface area contributed by atoms with Gasteiger partial charge in [-0.15, -0.1) is 0 Å². The maximum absolute atomic E-state index is 12.6. The first kappa shape index (κ1) is 13.6. The van der Waals surface area contributed by atoms with Crippen LogP contribution in [0.15, 0.2) is 24.3 Å². The molecule has 0 spiro atoms. The number of piperazine rings is 1. The van der Waals surface area contributed by atoms with E-state index in [9.17, 15) is 9.59 Å². The molecule has 1 heterocycles. The monoisotopic (exact) mass is 260 g/mol. The summed E-state index contributed by atoms with van der Waals surface area (Å²) >= 11 is 0. The summed E-state index contributed by atoms with van der Waals surface area (Å²) in [6.45, 7) is 7.38. The molecule has 102 valence electrons. The van der Waals surface area contributed by atoms with Crippen LogP contribution in [0.1, 0.15) is 32.8 Å². The summed E-state index contributed by atoms with van der Waals surface area (Å²) in [5, 5.41) is 2.79. The molecular formula is C15H20N2O2. The maximum atomic E-state index is 12.6. The smallest absolute Gasteiger partial charge is 0.252 e. The molecule has 0 aromatic heterocycles. The Hall–Kier alpha value is -1.84. The van der Waals surface area contributed by atoms with Crippen LogP contribution in [-0.2, 0) is 9.59 Å². The summed E-state index contributed by atoms with van der Waals surface area (Å²) in [6, 6.07) is 7.27. The zero-order chi connectivity index (χ0) is 14.2. The fourth-order valence-corrected chi connectivity index (χ4v) is 2.38. The molecule has 1 aliphatic rings. The van der Waals surface area contributed by atoms with Crippen LogP contribution < -0.4 is 10.2 Å². The lowest BCUT2D eigenvalue weighted by molar-refractivity contribution is -0.137. The van der Waals surface area contributed by atoms with Crippen LogP contribution in [0.5, 0.6) is 0 Å². The lowest BCUT2D eigenvalue weighted by Crippen LogP contribution is -2.68. The Morgan fingerprint density at radius 1 is 1.21 bits per heavy atom. The van der Waals surface area contributed by atoms with Gasteiger partial charge in [-0.1, -0.05) is 24.6 Å². The number of rotatable bonds is 2. The van der Waals surface area contributed by atoms with Gasteiger partial charge in [-0.05, 0) is 39.3 Å². The molecule has 0 radical (unpaired) electrons. The van der Waals surface area contributed by atoms with Crippen molar-refractivity contribution in [2.24, 2.45) is 0 Å². The lowest BCUT2D eigenvalue weighted by Gasteiger charge is -2.42. The summed E-state index contributed by atoms with van der Waals surface area (Å²) in [4.78, 5) is 26.3. The second-order valence-corrected chi connectivity index (χ2v) is 5.55. The minimum absolute atomic E-state index is 0.0668. The first-order valence-electron chi connectivity index (χ1n) is 6.59. The molecule has 19 heavy (non-hydrogen) atoms. The highest BCUT2D eigenvalue weighted by atomic mass is 16.2. The summed E-state index contributed by atoms with van der Waals surface area (Å²) < 4.78 is 0. The van der Waals surface area contributed by atoms with Gasteiger partial charge >= 0.3 is 0 Å².